The molecule has 0 aliphatic rings. The zero-order chi connectivity index (χ0) is 17.6. The van der Waals surface area contributed by atoms with Gasteiger partial charge in [-0.1, -0.05) is 23.2 Å². The van der Waals surface area contributed by atoms with Gasteiger partial charge in [-0.3, -0.25) is 0 Å². The summed E-state index contributed by atoms with van der Waals surface area (Å²) in [5.74, 6) is -1.47. The van der Waals surface area contributed by atoms with Crippen molar-refractivity contribution in [2.45, 2.75) is 20.0 Å². The van der Waals surface area contributed by atoms with Gasteiger partial charge >= 0.3 is 11.9 Å². The highest BCUT2D eigenvalue weighted by atomic mass is 35.5. The number of hydrogen-bond acceptors (Lipinski definition) is 6. The van der Waals surface area contributed by atoms with Crippen LogP contribution < -0.4 is 5.32 Å². The van der Waals surface area contributed by atoms with Crippen molar-refractivity contribution in [1.82, 2.24) is 0 Å². The molecule has 0 fully saturated rings. The van der Waals surface area contributed by atoms with E-state index in [1.54, 1.807) is 19.9 Å². The van der Waals surface area contributed by atoms with E-state index in [2.05, 4.69) is 10.1 Å². The summed E-state index contributed by atoms with van der Waals surface area (Å²) >= 11 is 12.0. The minimum atomic E-state index is -0.770. The average molecular weight is 357 g/mol. The number of nitrogens with one attached hydrogen (secondary N) is 1. The molecule has 0 unspecified atom stereocenters. The molecule has 1 N–H and O–H groups in total. The second kappa shape index (κ2) is 8.42. The molecular formula is C15H14Cl2N2O4. The number of halogens is 2. The number of anilines is 1. The Morgan fingerprint density at radius 3 is 2.52 bits per heavy atom. The van der Waals surface area contributed by atoms with Gasteiger partial charge in [0.1, 0.15) is 6.07 Å². The van der Waals surface area contributed by atoms with E-state index in [-0.39, 0.29) is 33.0 Å². The monoisotopic (exact) mass is 356 g/mol. The molecular weight excluding hydrogens is 343 g/mol. The first kappa shape index (κ1) is 18.8. The predicted molar refractivity (Wildman–Crippen MR) is 86.3 cm³/mol. The second-order valence-corrected chi connectivity index (χ2v) is 5.33. The Morgan fingerprint density at radius 2 is 2.00 bits per heavy atom. The van der Waals surface area contributed by atoms with Gasteiger partial charge in [0.25, 0.3) is 0 Å². The standard InChI is InChI=1S/C15H14Cl2N2O4/c1-8(2)23-14(20)9(6-18)7-19-11-5-4-10(16)12(13(11)17)15(21)22-3/h4-5,7-8,19H,1-3H3. The SMILES string of the molecule is COC(=O)c1c(Cl)ccc(NC=C(C#N)C(=O)OC(C)C)c1Cl. The molecule has 8 heteroatoms. The van der Waals surface area contributed by atoms with Crippen LogP contribution in [0.3, 0.4) is 0 Å². The highest BCUT2D eigenvalue weighted by Gasteiger charge is 2.19. The van der Waals surface area contributed by atoms with Crippen molar-refractivity contribution in [3.63, 3.8) is 0 Å². The van der Waals surface area contributed by atoms with Crippen LogP contribution in [0.5, 0.6) is 0 Å². The van der Waals surface area contributed by atoms with Crippen LogP contribution in [0.25, 0.3) is 0 Å². The molecule has 0 radical (unpaired) electrons. The Labute approximate surface area is 143 Å². The van der Waals surface area contributed by atoms with Gasteiger partial charge in [-0.05, 0) is 26.0 Å². The Bertz CT molecular complexity index is 693. The molecule has 0 spiro atoms. The third-order valence-corrected chi connectivity index (χ3v) is 3.24. The van der Waals surface area contributed by atoms with Crippen LogP contribution in [0.15, 0.2) is 23.9 Å². The summed E-state index contributed by atoms with van der Waals surface area (Å²) in [6.45, 7) is 3.33. The normalized spacial score (nSPS) is 10.9. The van der Waals surface area contributed by atoms with Crippen LogP contribution in [0, 0.1) is 11.3 Å². The molecule has 1 aromatic carbocycles. The van der Waals surface area contributed by atoms with E-state index >= 15 is 0 Å². The second-order valence-electron chi connectivity index (χ2n) is 4.54. The minimum absolute atomic E-state index is 0.00937. The lowest BCUT2D eigenvalue weighted by Crippen LogP contribution is -2.14. The number of rotatable bonds is 5. The van der Waals surface area contributed by atoms with E-state index in [9.17, 15) is 9.59 Å². The summed E-state index contributed by atoms with van der Waals surface area (Å²) in [6, 6.07) is 4.66. The summed E-state index contributed by atoms with van der Waals surface area (Å²) in [5.41, 5.74) is 0.0170. The van der Waals surface area contributed by atoms with Crippen molar-refractivity contribution < 1.29 is 19.1 Å². The van der Waals surface area contributed by atoms with E-state index in [1.807, 2.05) is 0 Å². The molecule has 0 saturated heterocycles. The minimum Gasteiger partial charge on any atom is -0.465 e. The first-order valence-corrected chi connectivity index (χ1v) is 7.21. The van der Waals surface area contributed by atoms with Crippen molar-refractivity contribution in [3.05, 3.63) is 39.5 Å². The molecule has 0 heterocycles. The zero-order valence-corrected chi connectivity index (χ0v) is 14.2. The number of esters is 2. The van der Waals surface area contributed by atoms with Crippen molar-refractivity contribution in [3.8, 4) is 6.07 Å². The van der Waals surface area contributed by atoms with Crippen molar-refractivity contribution >= 4 is 40.8 Å². The number of hydrogen-bond donors (Lipinski definition) is 1. The summed E-state index contributed by atoms with van der Waals surface area (Å²) in [5, 5.41) is 11.8. The molecule has 0 saturated carbocycles. The lowest BCUT2D eigenvalue weighted by Gasteiger charge is -2.11. The summed E-state index contributed by atoms with van der Waals surface area (Å²) < 4.78 is 9.53. The lowest BCUT2D eigenvalue weighted by atomic mass is 10.2. The van der Waals surface area contributed by atoms with Gasteiger partial charge in [0.15, 0.2) is 5.57 Å². The highest BCUT2D eigenvalue weighted by molar-refractivity contribution is 6.41. The van der Waals surface area contributed by atoms with E-state index in [0.717, 1.165) is 6.20 Å². The van der Waals surface area contributed by atoms with Crippen LogP contribution in [0.2, 0.25) is 10.0 Å². The molecule has 0 aromatic heterocycles. The van der Waals surface area contributed by atoms with Crippen LogP contribution in [-0.4, -0.2) is 25.2 Å². The molecule has 1 rings (SSSR count). The molecule has 122 valence electrons. The number of methoxy groups -OCH3 is 1. The first-order valence-electron chi connectivity index (χ1n) is 6.45. The van der Waals surface area contributed by atoms with E-state index < -0.39 is 11.9 Å². The van der Waals surface area contributed by atoms with Gasteiger partial charge in [0, 0.05) is 6.20 Å². The smallest absolute Gasteiger partial charge is 0.350 e. The molecule has 0 atom stereocenters. The van der Waals surface area contributed by atoms with Crippen molar-refractivity contribution in [1.29, 1.82) is 5.26 Å². The predicted octanol–water partition coefficient (Wildman–Crippen LogP) is 3.55. The molecule has 0 aliphatic heterocycles. The Hall–Kier alpha value is -2.23. The molecule has 23 heavy (non-hydrogen) atoms. The van der Waals surface area contributed by atoms with Gasteiger partial charge in [-0.2, -0.15) is 5.26 Å². The number of carbonyl (C=O) groups is 2. The van der Waals surface area contributed by atoms with Crippen molar-refractivity contribution in [2.75, 3.05) is 12.4 Å². The van der Waals surface area contributed by atoms with E-state index in [0.29, 0.717) is 0 Å². The number of nitriles is 1. The fourth-order valence-corrected chi connectivity index (χ4v) is 2.10. The number of ether oxygens (including phenoxy) is 2. The van der Waals surface area contributed by atoms with Gasteiger partial charge < -0.3 is 14.8 Å². The number of carbonyl (C=O) groups excluding carboxylic acids is 2. The Morgan fingerprint density at radius 1 is 1.35 bits per heavy atom. The maximum Gasteiger partial charge on any atom is 0.350 e. The van der Waals surface area contributed by atoms with Gasteiger partial charge in [-0.25, -0.2) is 9.59 Å². The molecule has 1 aromatic rings. The number of nitrogens with zero attached hydrogens (tertiary/aromatic N) is 1. The maximum absolute atomic E-state index is 11.7. The summed E-state index contributed by atoms with van der Waals surface area (Å²) in [4.78, 5) is 23.4. The lowest BCUT2D eigenvalue weighted by molar-refractivity contribution is -0.142. The van der Waals surface area contributed by atoms with Gasteiger partial charge in [0.05, 0.1) is 34.5 Å². The van der Waals surface area contributed by atoms with Gasteiger partial charge in [0.2, 0.25) is 0 Å². The first-order chi connectivity index (χ1) is 10.8. The fourth-order valence-electron chi connectivity index (χ4n) is 1.52. The van der Waals surface area contributed by atoms with Gasteiger partial charge in [-0.15, -0.1) is 0 Å². The zero-order valence-electron chi connectivity index (χ0n) is 12.6. The highest BCUT2D eigenvalue weighted by Crippen LogP contribution is 2.32. The third kappa shape index (κ3) is 4.88. The number of benzene rings is 1. The quantitative estimate of drug-likeness (QED) is 0.493. The van der Waals surface area contributed by atoms with E-state index in [1.165, 1.54) is 19.2 Å². The molecule has 0 aliphatic carbocycles. The van der Waals surface area contributed by atoms with Crippen LogP contribution in [0.4, 0.5) is 5.69 Å². The van der Waals surface area contributed by atoms with Crippen LogP contribution in [0.1, 0.15) is 24.2 Å². The van der Waals surface area contributed by atoms with Crippen molar-refractivity contribution in [2.24, 2.45) is 0 Å². The van der Waals surface area contributed by atoms with Crippen LogP contribution >= 0.6 is 23.2 Å². The summed E-state index contributed by atoms with van der Waals surface area (Å²) in [7, 11) is 1.20. The fraction of sp³-hybridized carbons (Fsp3) is 0.267. The Kier molecular flexibility index (Phi) is 6.89. The third-order valence-electron chi connectivity index (χ3n) is 2.54. The van der Waals surface area contributed by atoms with E-state index in [4.69, 9.17) is 33.2 Å². The largest absolute Gasteiger partial charge is 0.465 e. The molecule has 0 bridgehead atoms. The average Bonchev–Trinajstić information content (AvgIpc) is 2.48. The Balaban J connectivity index is 3.10. The van der Waals surface area contributed by atoms with Crippen LogP contribution in [-0.2, 0) is 14.3 Å². The maximum atomic E-state index is 11.7. The molecule has 0 amide bonds. The topological polar surface area (TPSA) is 88.4 Å². The summed E-state index contributed by atoms with van der Waals surface area (Å²) in [6.07, 6.45) is 0.783. The molecule has 6 nitrogen and oxygen atoms in total.